The SMILES string of the molecule is CCC(C)(CC)Nc1nc2ccc(C(=O)O)cc2o1. The van der Waals surface area contributed by atoms with Gasteiger partial charge < -0.3 is 14.8 Å². The third-order valence-electron chi connectivity index (χ3n) is 3.60. The maximum Gasteiger partial charge on any atom is 0.335 e. The molecule has 0 aliphatic heterocycles. The number of carbonyl (C=O) groups is 1. The van der Waals surface area contributed by atoms with E-state index in [1.165, 1.54) is 12.1 Å². The Balaban J connectivity index is 2.34. The number of benzene rings is 1. The zero-order chi connectivity index (χ0) is 14.0. The van der Waals surface area contributed by atoms with Gasteiger partial charge in [0.1, 0.15) is 5.52 Å². The molecule has 0 amide bonds. The highest BCUT2D eigenvalue weighted by atomic mass is 16.4. The van der Waals surface area contributed by atoms with Gasteiger partial charge in [-0.25, -0.2) is 4.79 Å². The van der Waals surface area contributed by atoms with Crippen molar-refractivity contribution >= 4 is 23.1 Å². The van der Waals surface area contributed by atoms with Gasteiger partial charge in [0.15, 0.2) is 5.58 Å². The first-order valence-corrected chi connectivity index (χ1v) is 6.39. The Kier molecular flexibility index (Phi) is 3.46. The molecule has 5 heteroatoms. The predicted molar refractivity (Wildman–Crippen MR) is 73.6 cm³/mol. The summed E-state index contributed by atoms with van der Waals surface area (Å²) in [6.45, 7) is 6.30. The number of nitrogens with zero attached hydrogens (tertiary/aromatic N) is 1. The Morgan fingerprint density at radius 3 is 2.68 bits per heavy atom. The number of hydrogen-bond acceptors (Lipinski definition) is 4. The van der Waals surface area contributed by atoms with E-state index < -0.39 is 5.97 Å². The summed E-state index contributed by atoms with van der Waals surface area (Å²) in [6, 6.07) is 5.10. The van der Waals surface area contributed by atoms with Crippen LogP contribution in [0.2, 0.25) is 0 Å². The minimum Gasteiger partial charge on any atom is -0.478 e. The number of rotatable bonds is 5. The zero-order valence-electron chi connectivity index (χ0n) is 11.4. The standard InChI is InChI=1S/C14H18N2O3/c1-4-14(3,5-2)16-13-15-10-7-6-9(12(17)18)8-11(10)19-13/h6-8H,4-5H2,1-3H3,(H,15,16)(H,17,18). The van der Waals surface area contributed by atoms with Crippen molar-refractivity contribution in [1.29, 1.82) is 0 Å². The fourth-order valence-corrected chi connectivity index (χ4v) is 1.80. The van der Waals surface area contributed by atoms with E-state index in [0.29, 0.717) is 17.1 Å². The first kappa shape index (κ1) is 13.4. The zero-order valence-corrected chi connectivity index (χ0v) is 11.4. The summed E-state index contributed by atoms with van der Waals surface area (Å²) in [5.41, 5.74) is 1.26. The van der Waals surface area contributed by atoms with Gasteiger partial charge in [0.25, 0.3) is 6.01 Å². The van der Waals surface area contributed by atoms with Gasteiger partial charge in [-0.1, -0.05) is 13.8 Å². The second-order valence-electron chi connectivity index (χ2n) is 4.90. The molecule has 0 unspecified atom stereocenters. The molecule has 1 aromatic carbocycles. The van der Waals surface area contributed by atoms with E-state index in [1.807, 2.05) is 0 Å². The van der Waals surface area contributed by atoms with Crippen LogP contribution in [0.15, 0.2) is 22.6 Å². The second-order valence-corrected chi connectivity index (χ2v) is 4.90. The summed E-state index contributed by atoms with van der Waals surface area (Å²) in [5, 5.41) is 12.2. The number of aromatic nitrogens is 1. The number of carboxylic acid groups (broad SMARTS) is 1. The quantitative estimate of drug-likeness (QED) is 0.862. The normalized spacial score (nSPS) is 11.7. The van der Waals surface area contributed by atoms with Gasteiger partial charge in [0.2, 0.25) is 0 Å². The van der Waals surface area contributed by atoms with Crippen LogP contribution in [0.1, 0.15) is 44.0 Å². The van der Waals surface area contributed by atoms with Crippen molar-refractivity contribution in [1.82, 2.24) is 4.98 Å². The largest absolute Gasteiger partial charge is 0.478 e. The molecule has 2 N–H and O–H groups in total. The molecule has 0 saturated heterocycles. The van der Waals surface area contributed by atoms with Crippen molar-refractivity contribution in [3.8, 4) is 0 Å². The molecule has 0 spiro atoms. The Hall–Kier alpha value is -2.04. The summed E-state index contributed by atoms with van der Waals surface area (Å²) in [4.78, 5) is 15.2. The lowest BCUT2D eigenvalue weighted by Gasteiger charge is -2.26. The van der Waals surface area contributed by atoms with Crippen molar-refractivity contribution in [3.05, 3.63) is 23.8 Å². The van der Waals surface area contributed by atoms with Crippen LogP contribution in [0, 0.1) is 0 Å². The van der Waals surface area contributed by atoms with Crippen LogP contribution in [0.5, 0.6) is 0 Å². The van der Waals surface area contributed by atoms with Crippen molar-refractivity contribution in [2.24, 2.45) is 0 Å². The van der Waals surface area contributed by atoms with Crippen LogP contribution in [0.4, 0.5) is 6.01 Å². The summed E-state index contributed by atoms with van der Waals surface area (Å²) in [5.74, 6) is -0.972. The van der Waals surface area contributed by atoms with Crippen LogP contribution in [0.3, 0.4) is 0 Å². The van der Waals surface area contributed by atoms with Crippen LogP contribution < -0.4 is 5.32 Å². The average molecular weight is 262 g/mol. The van der Waals surface area contributed by atoms with Crippen LogP contribution in [0.25, 0.3) is 11.1 Å². The Labute approximate surface area is 111 Å². The van der Waals surface area contributed by atoms with Crippen LogP contribution >= 0.6 is 0 Å². The van der Waals surface area contributed by atoms with Gasteiger partial charge in [0, 0.05) is 5.54 Å². The lowest BCUT2D eigenvalue weighted by molar-refractivity contribution is 0.0697. The molecule has 1 aromatic heterocycles. The van der Waals surface area contributed by atoms with Gasteiger partial charge in [-0.2, -0.15) is 4.98 Å². The first-order valence-electron chi connectivity index (χ1n) is 6.39. The lowest BCUT2D eigenvalue weighted by atomic mass is 9.96. The molecule has 0 aliphatic carbocycles. The number of nitrogens with one attached hydrogen (secondary N) is 1. The molecule has 2 aromatic rings. The third kappa shape index (κ3) is 2.70. The highest BCUT2D eigenvalue weighted by Crippen LogP contribution is 2.25. The van der Waals surface area contributed by atoms with E-state index >= 15 is 0 Å². The molecule has 102 valence electrons. The van der Waals surface area contributed by atoms with Gasteiger partial charge in [0.05, 0.1) is 5.56 Å². The molecule has 1 heterocycles. The smallest absolute Gasteiger partial charge is 0.335 e. The highest BCUT2D eigenvalue weighted by molar-refractivity contribution is 5.92. The van der Waals surface area contributed by atoms with Crippen molar-refractivity contribution in [3.63, 3.8) is 0 Å². The first-order chi connectivity index (χ1) is 8.97. The Morgan fingerprint density at radius 2 is 2.11 bits per heavy atom. The number of fused-ring (bicyclic) bond motifs is 1. The molecule has 0 fully saturated rings. The summed E-state index contributed by atoms with van der Waals surface area (Å²) in [6.07, 6.45) is 1.89. The van der Waals surface area contributed by atoms with Crippen LogP contribution in [-0.2, 0) is 0 Å². The highest BCUT2D eigenvalue weighted by Gasteiger charge is 2.21. The molecule has 2 rings (SSSR count). The number of anilines is 1. The monoisotopic (exact) mass is 262 g/mol. The fourth-order valence-electron chi connectivity index (χ4n) is 1.80. The maximum atomic E-state index is 10.9. The molecule has 0 radical (unpaired) electrons. The molecule has 5 nitrogen and oxygen atoms in total. The van der Waals surface area contributed by atoms with Gasteiger partial charge in [-0.05, 0) is 38.0 Å². The van der Waals surface area contributed by atoms with E-state index in [2.05, 4.69) is 31.1 Å². The molecular formula is C14H18N2O3. The molecular weight excluding hydrogens is 244 g/mol. The minimum absolute atomic E-state index is 0.0729. The Morgan fingerprint density at radius 1 is 1.42 bits per heavy atom. The van der Waals surface area contributed by atoms with Gasteiger partial charge in [-0.3, -0.25) is 0 Å². The maximum absolute atomic E-state index is 10.9. The number of hydrogen-bond donors (Lipinski definition) is 2. The topological polar surface area (TPSA) is 75.4 Å². The van der Waals surface area contributed by atoms with Gasteiger partial charge in [-0.15, -0.1) is 0 Å². The summed E-state index contributed by atoms with van der Waals surface area (Å²) in [7, 11) is 0. The Bertz CT molecular complexity index is 600. The number of oxazole rings is 1. The third-order valence-corrected chi connectivity index (χ3v) is 3.60. The average Bonchev–Trinajstić information content (AvgIpc) is 2.79. The number of aromatic carboxylic acids is 1. The van der Waals surface area contributed by atoms with Crippen molar-refractivity contribution < 1.29 is 14.3 Å². The second kappa shape index (κ2) is 4.91. The molecule has 0 bridgehead atoms. The van der Waals surface area contributed by atoms with E-state index in [0.717, 1.165) is 12.8 Å². The minimum atomic E-state index is -0.972. The summed E-state index contributed by atoms with van der Waals surface area (Å²) < 4.78 is 5.57. The molecule has 19 heavy (non-hydrogen) atoms. The van der Waals surface area contributed by atoms with E-state index in [1.54, 1.807) is 6.07 Å². The lowest BCUT2D eigenvalue weighted by Crippen LogP contribution is -2.33. The molecule has 0 atom stereocenters. The van der Waals surface area contributed by atoms with Crippen LogP contribution in [-0.4, -0.2) is 21.6 Å². The van der Waals surface area contributed by atoms with Crippen molar-refractivity contribution in [2.45, 2.75) is 39.2 Å². The van der Waals surface area contributed by atoms with Crippen molar-refractivity contribution in [2.75, 3.05) is 5.32 Å². The van der Waals surface area contributed by atoms with E-state index in [-0.39, 0.29) is 11.1 Å². The number of carboxylic acids is 1. The van der Waals surface area contributed by atoms with E-state index in [4.69, 9.17) is 9.52 Å². The molecule has 0 saturated carbocycles. The summed E-state index contributed by atoms with van der Waals surface area (Å²) >= 11 is 0. The predicted octanol–water partition coefficient (Wildman–Crippen LogP) is 3.52. The van der Waals surface area contributed by atoms with Gasteiger partial charge >= 0.3 is 5.97 Å². The van der Waals surface area contributed by atoms with E-state index in [9.17, 15) is 4.79 Å². The fraction of sp³-hybridized carbons (Fsp3) is 0.429. The molecule has 0 aliphatic rings.